The fourth-order valence-electron chi connectivity index (χ4n) is 5.41. The molecular formula is C28H32N4. The summed E-state index contributed by atoms with van der Waals surface area (Å²) in [5, 5.41) is 4.88. The number of hydrogen-bond donors (Lipinski definition) is 1. The van der Waals surface area contributed by atoms with Crippen molar-refractivity contribution >= 4 is 16.9 Å². The van der Waals surface area contributed by atoms with Gasteiger partial charge in [-0.05, 0) is 88.1 Å². The topological polar surface area (TPSA) is 42.7 Å². The van der Waals surface area contributed by atoms with E-state index in [1.54, 1.807) is 0 Å². The van der Waals surface area contributed by atoms with Crippen molar-refractivity contribution in [2.24, 2.45) is 0 Å². The Morgan fingerprint density at radius 3 is 2.34 bits per heavy atom. The minimum absolute atomic E-state index is 0.765. The van der Waals surface area contributed by atoms with Crippen LogP contribution in [0.15, 0.2) is 36.4 Å². The Morgan fingerprint density at radius 1 is 0.875 bits per heavy atom. The van der Waals surface area contributed by atoms with Crippen LogP contribution in [0.3, 0.4) is 0 Å². The average Bonchev–Trinajstić information content (AvgIpc) is 3.06. The van der Waals surface area contributed by atoms with Gasteiger partial charge in [-0.2, -0.15) is 0 Å². The van der Waals surface area contributed by atoms with Crippen LogP contribution < -0.4 is 5.32 Å². The van der Waals surface area contributed by atoms with Crippen LogP contribution in [-0.2, 0) is 19.4 Å². The lowest BCUT2D eigenvalue weighted by atomic mass is 9.95. The molecule has 32 heavy (non-hydrogen) atoms. The van der Waals surface area contributed by atoms with Gasteiger partial charge < -0.3 is 5.32 Å². The number of rotatable bonds is 4. The highest BCUT2D eigenvalue weighted by Crippen LogP contribution is 2.38. The second kappa shape index (κ2) is 8.09. The summed E-state index contributed by atoms with van der Waals surface area (Å²) in [5.41, 5.74) is 11.7. The number of aryl methyl sites for hydroxylation is 6. The van der Waals surface area contributed by atoms with Crippen LogP contribution in [0.1, 0.15) is 57.7 Å². The highest BCUT2D eigenvalue weighted by atomic mass is 15.1. The van der Waals surface area contributed by atoms with E-state index >= 15 is 0 Å². The third-order valence-electron chi connectivity index (χ3n) is 6.79. The van der Waals surface area contributed by atoms with Crippen molar-refractivity contribution in [3.05, 3.63) is 81.3 Å². The predicted molar refractivity (Wildman–Crippen MR) is 133 cm³/mol. The summed E-state index contributed by atoms with van der Waals surface area (Å²) in [7, 11) is 0. The molecule has 2 heterocycles. The normalized spacial score (nSPS) is 13.4. The van der Waals surface area contributed by atoms with Gasteiger partial charge >= 0.3 is 0 Å². The molecule has 164 valence electrons. The van der Waals surface area contributed by atoms with E-state index < -0.39 is 0 Å². The molecule has 0 aliphatic heterocycles. The summed E-state index contributed by atoms with van der Waals surface area (Å²) in [4.78, 5) is 9.89. The molecule has 0 unspecified atom stereocenters. The molecule has 2 aromatic heterocycles. The van der Waals surface area contributed by atoms with Crippen molar-refractivity contribution in [1.82, 2.24) is 14.5 Å². The number of nitrogens with one attached hydrogen (secondary N) is 1. The lowest BCUT2D eigenvalue weighted by Gasteiger charge is -2.19. The molecule has 0 bridgehead atoms. The van der Waals surface area contributed by atoms with Crippen molar-refractivity contribution in [3.8, 4) is 5.69 Å². The Labute approximate surface area is 190 Å². The van der Waals surface area contributed by atoms with Crippen LogP contribution in [0.2, 0.25) is 0 Å². The summed E-state index contributed by atoms with van der Waals surface area (Å²) in [6.45, 7) is 11.6. The SMILES string of the molecule is Cc1cc(C)c(-n2c3c(c4c(NCc5ccccc5C)nc(C)nc42)CCCC3)c(C)c1. The first-order valence-electron chi connectivity index (χ1n) is 11.7. The Bertz CT molecular complexity index is 1310. The molecule has 5 rings (SSSR count). The Kier molecular flexibility index (Phi) is 5.24. The summed E-state index contributed by atoms with van der Waals surface area (Å²) in [6, 6.07) is 13.1. The molecular weight excluding hydrogens is 392 g/mol. The fourth-order valence-corrected chi connectivity index (χ4v) is 5.41. The Balaban J connectivity index is 1.73. The van der Waals surface area contributed by atoms with Crippen molar-refractivity contribution in [3.63, 3.8) is 0 Å². The van der Waals surface area contributed by atoms with Crippen LogP contribution in [-0.4, -0.2) is 14.5 Å². The monoisotopic (exact) mass is 424 g/mol. The van der Waals surface area contributed by atoms with Gasteiger partial charge in [0.15, 0.2) is 5.65 Å². The fraction of sp³-hybridized carbons (Fsp3) is 0.357. The molecule has 4 nitrogen and oxygen atoms in total. The largest absolute Gasteiger partial charge is 0.365 e. The van der Waals surface area contributed by atoms with Gasteiger partial charge in [0.1, 0.15) is 11.6 Å². The van der Waals surface area contributed by atoms with Crippen molar-refractivity contribution in [2.45, 2.75) is 66.8 Å². The highest BCUT2D eigenvalue weighted by molar-refractivity contribution is 5.94. The average molecular weight is 425 g/mol. The zero-order valence-corrected chi connectivity index (χ0v) is 19.8. The standard InChI is InChI=1S/C28H32N4/c1-17-14-19(3)26(20(4)15-17)32-24-13-9-8-12-23(24)25-27(30-21(5)31-28(25)32)29-16-22-11-7-6-10-18(22)2/h6-7,10-11,14-15H,8-9,12-13,16H2,1-5H3,(H,29,30,31). The van der Waals surface area contributed by atoms with E-state index in [4.69, 9.17) is 9.97 Å². The number of hydrogen-bond acceptors (Lipinski definition) is 3. The van der Waals surface area contributed by atoms with Gasteiger partial charge in [-0.15, -0.1) is 0 Å². The Morgan fingerprint density at radius 2 is 1.59 bits per heavy atom. The zero-order valence-electron chi connectivity index (χ0n) is 19.8. The molecule has 2 aromatic carbocycles. The molecule has 1 aliphatic rings. The van der Waals surface area contributed by atoms with Crippen LogP contribution in [0, 0.1) is 34.6 Å². The maximum atomic E-state index is 5.01. The van der Waals surface area contributed by atoms with Crippen molar-refractivity contribution in [1.29, 1.82) is 0 Å². The first-order valence-corrected chi connectivity index (χ1v) is 11.7. The van der Waals surface area contributed by atoms with Gasteiger partial charge in [-0.25, -0.2) is 9.97 Å². The van der Waals surface area contributed by atoms with E-state index in [1.165, 1.54) is 63.0 Å². The van der Waals surface area contributed by atoms with E-state index in [2.05, 4.69) is 74.0 Å². The van der Waals surface area contributed by atoms with Gasteiger partial charge in [0.05, 0.1) is 11.1 Å². The first-order chi connectivity index (χ1) is 15.4. The zero-order chi connectivity index (χ0) is 22.4. The number of benzene rings is 2. The second-order valence-electron chi connectivity index (χ2n) is 9.31. The summed E-state index contributed by atoms with van der Waals surface area (Å²) < 4.78 is 2.45. The lowest BCUT2D eigenvalue weighted by molar-refractivity contribution is 0.665. The second-order valence-corrected chi connectivity index (χ2v) is 9.31. The van der Waals surface area contributed by atoms with Crippen LogP contribution in [0.4, 0.5) is 5.82 Å². The first kappa shape index (κ1) is 20.7. The van der Waals surface area contributed by atoms with Crippen LogP contribution in [0.25, 0.3) is 16.7 Å². The van der Waals surface area contributed by atoms with Crippen molar-refractivity contribution in [2.75, 3.05) is 5.32 Å². The molecule has 1 N–H and O–H groups in total. The van der Waals surface area contributed by atoms with Crippen LogP contribution >= 0.6 is 0 Å². The van der Waals surface area contributed by atoms with E-state index in [-0.39, 0.29) is 0 Å². The summed E-state index contributed by atoms with van der Waals surface area (Å²) in [6.07, 6.45) is 4.64. The smallest absolute Gasteiger partial charge is 0.150 e. The van der Waals surface area contributed by atoms with Gasteiger partial charge in [0, 0.05) is 12.2 Å². The molecule has 0 spiro atoms. The van der Waals surface area contributed by atoms with Crippen LogP contribution in [0.5, 0.6) is 0 Å². The molecule has 0 amide bonds. The summed E-state index contributed by atoms with van der Waals surface area (Å²) >= 11 is 0. The molecule has 0 saturated carbocycles. The molecule has 0 fully saturated rings. The van der Waals surface area contributed by atoms with Gasteiger partial charge in [0.25, 0.3) is 0 Å². The molecule has 0 radical (unpaired) electrons. The van der Waals surface area contributed by atoms with Gasteiger partial charge in [-0.3, -0.25) is 4.57 Å². The molecule has 0 atom stereocenters. The molecule has 0 saturated heterocycles. The van der Waals surface area contributed by atoms with Gasteiger partial charge in [0.2, 0.25) is 0 Å². The molecule has 1 aliphatic carbocycles. The highest BCUT2D eigenvalue weighted by Gasteiger charge is 2.26. The maximum Gasteiger partial charge on any atom is 0.150 e. The number of anilines is 1. The van der Waals surface area contributed by atoms with E-state index in [0.29, 0.717) is 0 Å². The van der Waals surface area contributed by atoms with E-state index in [0.717, 1.165) is 36.7 Å². The summed E-state index contributed by atoms with van der Waals surface area (Å²) in [5.74, 6) is 1.78. The quantitative estimate of drug-likeness (QED) is 0.409. The minimum atomic E-state index is 0.765. The molecule has 4 aromatic rings. The van der Waals surface area contributed by atoms with E-state index in [9.17, 15) is 0 Å². The number of nitrogens with zero attached hydrogens (tertiary/aromatic N) is 3. The van der Waals surface area contributed by atoms with E-state index in [1.807, 2.05) is 6.92 Å². The Hall–Kier alpha value is -3.14. The molecule has 4 heteroatoms. The predicted octanol–water partition coefficient (Wildman–Crippen LogP) is 6.45. The minimum Gasteiger partial charge on any atom is -0.365 e. The lowest BCUT2D eigenvalue weighted by Crippen LogP contribution is -2.10. The third-order valence-corrected chi connectivity index (χ3v) is 6.79. The third kappa shape index (κ3) is 3.48. The number of fused-ring (bicyclic) bond motifs is 3. The van der Waals surface area contributed by atoms with Gasteiger partial charge in [-0.1, -0.05) is 42.0 Å². The maximum absolute atomic E-state index is 5.01. The van der Waals surface area contributed by atoms with Crippen molar-refractivity contribution < 1.29 is 0 Å². The number of aromatic nitrogens is 3.